The van der Waals surface area contributed by atoms with Crippen LogP contribution in [0.2, 0.25) is 5.02 Å². The lowest BCUT2D eigenvalue weighted by Crippen LogP contribution is -2.47. The number of nitrogens with zero attached hydrogens (tertiary/aromatic N) is 3. The molecule has 4 N–H and O–H groups in total. The minimum Gasteiger partial charge on any atom is -0.399 e. The van der Waals surface area contributed by atoms with Crippen molar-refractivity contribution in [3.8, 4) is 0 Å². The monoisotopic (exact) mass is 436 g/mol. The summed E-state index contributed by atoms with van der Waals surface area (Å²) in [6, 6.07) is 5.48. The summed E-state index contributed by atoms with van der Waals surface area (Å²) in [6.45, 7) is 3.27. The first-order chi connectivity index (χ1) is 13.5. The predicted octanol–water partition coefficient (Wildman–Crippen LogP) is 3.47. The van der Waals surface area contributed by atoms with Gasteiger partial charge in [-0.05, 0) is 50.3 Å². The van der Waals surface area contributed by atoms with Crippen LogP contribution < -0.4 is 21.3 Å². The third kappa shape index (κ3) is 5.03. The van der Waals surface area contributed by atoms with Crippen molar-refractivity contribution >= 4 is 53.1 Å². The molecule has 0 saturated carbocycles. The van der Waals surface area contributed by atoms with E-state index in [4.69, 9.17) is 27.3 Å². The number of halogens is 2. The smallest absolute Gasteiger partial charge is 0.229 e. The van der Waals surface area contributed by atoms with E-state index in [-0.39, 0.29) is 24.4 Å². The number of aromatic nitrogens is 2. The summed E-state index contributed by atoms with van der Waals surface area (Å²) in [5.41, 5.74) is 9.59. The van der Waals surface area contributed by atoms with Gasteiger partial charge in [0.05, 0.1) is 5.69 Å². The van der Waals surface area contributed by atoms with E-state index in [1.165, 1.54) is 5.56 Å². The summed E-state index contributed by atoms with van der Waals surface area (Å²) >= 11 is 6.12. The van der Waals surface area contributed by atoms with E-state index in [1.807, 2.05) is 12.1 Å². The lowest BCUT2D eigenvalue weighted by molar-refractivity contribution is -0.119. The average molecular weight is 437 g/mol. The summed E-state index contributed by atoms with van der Waals surface area (Å²) in [6.07, 6.45) is 5.07. The van der Waals surface area contributed by atoms with E-state index in [1.54, 1.807) is 13.0 Å². The number of anilines is 4. The van der Waals surface area contributed by atoms with E-state index in [9.17, 15) is 4.79 Å². The molecule has 1 unspecified atom stereocenters. The molecule has 2 aromatic rings. The number of carbonyl (C=O) groups excluding carboxylic acids is 1. The van der Waals surface area contributed by atoms with Gasteiger partial charge in [-0.25, -0.2) is 4.98 Å². The fourth-order valence-corrected chi connectivity index (χ4v) is 4.36. The van der Waals surface area contributed by atoms with Crippen LogP contribution in [0.3, 0.4) is 0 Å². The molecule has 29 heavy (non-hydrogen) atoms. The number of hydrogen-bond acceptors (Lipinski definition) is 6. The molecule has 0 bridgehead atoms. The number of aryl methyl sites for hydroxylation is 1. The minimum absolute atomic E-state index is 0. The third-order valence-corrected chi connectivity index (χ3v) is 5.43. The maximum Gasteiger partial charge on any atom is 0.229 e. The number of nitrogens with two attached hydrogens (primary N) is 1. The van der Waals surface area contributed by atoms with Crippen molar-refractivity contribution in [3.05, 3.63) is 34.5 Å². The topological polar surface area (TPSA) is 96.2 Å². The van der Waals surface area contributed by atoms with Crippen LogP contribution in [0, 0.1) is 0 Å². The second-order valence-electron chi connectivity index (χ2n) is 7.53. The molecule has 1 aliphatic heterocycles. The Morgan fingerprint density at radius 1 is 1.24 bits per heavy atom. The molecule has 9 heteroatoms. The first-order valence-corrected chi connectivity index (χ1v) is 10.1. The molecule has 4 rings (SSSR count). The van der Waals surface area contributed by atoms with Crippen LogP contribution in [0.25, 0.3) is 0 Å². The Morgan fingerprint density at radius 2 is 2.07 bits per heavy atom. The number of benzene rings is 1. The van der Waals surface area contributed by atoms with Crippen molar-refractivity contribution in [3.63, 3.8) is 0 Å². The fraction of sp³-hybridized carbons (Fsp3) is 0.450. The SMILES string of the molecule is CC(=O)NC1CCCN(c2nc(Nc3cc(N)cc(Cl)c3)nc3c2CCC3)C1.Cl. The maximum absolute atomic E-state index is 11.5. The molecule has 156 valence electrons. The van der Waals surface area contributed by atoms with Crippen LogP contribution in [0.4, 0.5) is 23.1 Å². The van der Waals surface area contributed by atoms with Gasteiger partial charge in [0.1, 0.15) is 5.82 Å². The standard InChI is InChI=1S/C20H25ClN6O.ClH/c1-12(28)23-15-4-3-7-27(11-15)19-17-5-2-6-18(17)25-20(26-19)24-16-9-13(21)8-14(22)10-16;/h8-10,15H,2-7,11,22H2,1H3,(H,23,28)(H,24,25,26);1H. The van der Waals surface area contributed by atoms with Gasteiger partial charge in [-0.2, -0.15) is 4.98 Å². The molecule has 1 fully saturated rings. The number of hydrogen-bond donors (Lipinski definition) is 3. The molecule has 2 heterocycles. The Balaban J connectivity index is 0.00000240. The van der Waals surface area contributed by atoms with Gasteiger partial charge in [-0.15, -0.1) is 12.4 Å². The van der Waals surface area contributed by atoms with Crippen molar-refractivity contribution in [2.24, 2.45) is 0 Å². The number of amides is 1. The van der Waals surface area contributed by atoms with E-state index in [0.29, 0.717) is 16.7 Å². The molecule has 1 amide bonds. The number of nitrogen functional groups attached to an aromatic ring is 1. The van der Waals surface area contributed by atoms with E-state index in [0.717, 1.165) is 62.4 Å². The van der Waals surface area contributed by atoms with Crippen LogP contribution in [-0.4, -0.2) is 35.0 Å². The summed E-state index contributed by atoms with van der Waals surface area (Å²) in [5, 5.41) is 6.87. The number of carbonyl (C=O) groups is 1. The highest BCUT2D eigenvalue weighted by Crippen LogP contribution is 2.32. The van der Waals surface area contributed by atoms with Crippen LogP contribution in [0.5, 0.6) is 0 Å². The lowest BCUT2D eigenvalue weighted by Gasteiger charge is -2.35. The predicted molar refractivity (Wildman–Crippen MR) is 120 cm³/mol. The highest BCUT2D eigenvalue weighted by atomic mass is 35.5. The van der Waals surface area contributed by atoms with Crippen molar-refractivity contribution in [2.45, 2.75) is 45.1 Å². The van der Waals surface area contributed by atoms with Crippen molar-refractivity contribution in [1.82, 2.24) is 15.3 Å². The molecule has 7 nitrogen and oxygen atoms in total. The van der Waals surface area contributed by atoms with Gasteiger partial charge in [0, 0.05) is 48.0 Å². The van der Waals surface area contributed by atoms with Crippen molar-refractivity contribution in [2.75, 3.05) is 29.0 Å². The Bertz CT molecular complexity index is 887. The molecule has 0 radical (unpaired) electrons. The lowest BCUT2D eigenvalue weighted by atomic mass is 10.0. The van der Waals surface area contributed by atoms with Gasteiger partial charge < -0.3 is 21.3 Å². The van der Waals surface area contributed by atoms with Crippen LogP contribution in [0.15, 0.2) is 18.2 Å². The van der Waals surface area contributed by atoms with E-state index in [2.05, 4.69) is 15.5 Å². The van der Waals surface area contributed by atoms with Crippen LogP contribution >= 0.6 is 24.0 Å². The Labute approximate surface area is 181 Å². The molecule has 1 aromatic heterocycles. The molecular weight excluding hydrogens is 411 g/mol. The molecule has 2 aliphatic rings. The molecule has 1 atom stereocenters. The van der Waals surface area contributed by atoms with E-state index < -0.39 is 0 Å². The Hall–Kier alpha value is -2.25. The zero-order chi connectivity index (χ0) is 19.7. The largest absolute Gasteiger partial charge is 0.399 e. The maximum atomic E-state index is 11.5. The fourth-order valence-electron chi connectivity index (χ4n) is 4.12. The normalized spacial score (nSPS) is 18.0. The summed E-state index contributed by atoms with van der Waals surface area (Å²) in [4.78, 5) is 23.3. The number of piperidine rings is 1. The zero-order valence-electron chi connectivity index (χ0n) is 16.4. The van der Waals surface area contributed by atoms with Crippen molar-refractivity contribution in [1.29, 1.82) is 0 Å². The number of fused-ring (bicyclic) bond motifs is 1. The van der Waals surface area contributed by atoms with Gasteiger partial charge in [-0.1, -0.05) is 11.6 Å². The number of rotatable bonds is 4. The summed E-state index contributed by atoms with van der Waals surface area (Å²) < 4.78 is 0. The number of nitrogens with one attached hydrogen (secondary N) is 2. The van der Waals surface area contributed by atoms with Gasteiger partial charge >= 0.3 is 0 Å². The van der Waals surface area contributed by atoms with E-state index >= 15 is 0 Å². The first kappa shape index (κ1) is 21.5. The highest BCUT2D eigenvalue weighted by Gasteiger charge is 2.27. The second kappa shape index (κ2) is 9.05. The average Bonchev–Trinajstić information content (AvgIpc) is 3.08. The molecule has 0 spiro atoms. The third-order valence-electron chi connectivity index (χ3n) is 5.22. The van der Waals surface area contributed by atoms with Crippen LogP contribution in [-0.2, 0) is 17.6 Å². The van der Waals surface area contributed by atoms with Gasteiger partial charge in [0.2, 0.25) is 11.9 Å². The van der Waals surface area contributed by atoms with Crippen LogP contribution in [0.1, 0.15) is 37.4 Å². The Kier molecular flexibility index (Phi) is 6.70. The summed E-state index contributed by atoms with van der Waals surface area (Å²) in [7, 11) is 0. The summed E-state index contributed by atoms with van der Waals surface area (Å²) in [5.74, 6) is 1.55. The second-order valence-corrected chi connectivity index (χ2v) is 7.97. The molecule has 1 saturated heterocycles. The molecular formula is C20H26Cl2N6O. The molecule has 1 aromatic carbocycles. The molecule has 1 aliphatic carbocycles. The van der Waals surface area contributed by atoms with Gasteiger partial charge in [0.15, 0.2) is 0 Å². The van der Waals surface area contributed by atoms with Gasteiger partial charge in [-0.3, -0.25) is 4.79 Å². The minimum atomic E-state index is 0. The highest BCUT2D eigenvalue weighted by molar-refractivity contribution is 6.31. The van der Waals surface area contributed by atoms with Crippen molar-refractivity contribution < 1.29 is 4.79 Å². The van der Waals surface area contributed by atoms with Gasteiger partial charge in [0.25, 0.3) is 0 Å². The Morgan fingerprint density at radius 3 is 2.83 bits per heavy atom. The quantitative estimate of drug-likeness (QED) is 0.634. The first-order valence-electron chi connectivity index (χ1n) is 9.73. The zero-order valence-corrected chi connectivity index (χ0v) is 17.9.